The number of ether oxygens (including phenoxy) is 1. The van der Waals surface area contributed by atoms with Crippen LogP contribution in [0.5, 0.6) is 0 Å². The van der Waals surface area contributed by atoms with Gasteiger partial charge >= 0.3 is 5.97 Å². The van der Waals surface area contributed by atoms with E-state index in [9.17, 15) is 14.4 Å². The minimum absolute atomic E-state index is 0.0441. The van der Waals surface area contributed by atoms with Gasteiger partial charge in [0, 0.05) is 25.2 Å². The Morgan fingerprint density at radius 3 is 2.45 bits per heavy atom. The van der Waals surface area contributed by atoms with Crippen molar-refractivity contribution in [3.8, 4) is 0 Å². The minimum Gasteiger partial charge on any atom is -0.463 e. The van der Waals surface area contributed by atoms with E-state index >= 15 is 0 Å². The van der Waals surface area contributed by atoms with Crippen LogP contribution in [0, 0.1) is 5.41 Å². The number of likely N-dealkylation sites (tertiary alicyclic amines) is 1. The number of nitrogens with zero attached hydrogens (tertiary/aromatic N) is 2. The molecule has 1 fully saturated rings. The van der Waals surface area contributed by atoms with Crippen molar-refractivity contribution in [1.82, 2.24) is 15.1 Å². The standard InChI is InChI=1S/C26H47N3O4/c1-9-14-20(4)29-18-12-11-16-21(29)23(30)27-22(26(5,6)7)24(31)28(8)17-13-15-19(3)25(32)33-10-2/h15,20-22H,9-14,16-18H2,1-8H3,(H,27,30)/b19-15+. The van der Waals surface area contributed by atoms with Crippen molar-refractivity contribution in [2.45, 2.75) is 105 Å². The van der Waals surface area contributed by atoms with Crippen molar-refractivity contribution in [2.24, 2.45) is 5.41 Å². The predicted molar refractivity (Wildman–Crippen MR) is 133 cm³/mol. The molecule has 190 valence electrons. The topological polar surface area (TPSA) is 79.0 Å². The van der Waals surface area contributed by atoms with Gasteiger partial charge in [-0.15, -0.1) is 0 Å². The van der Waals surface area contributed by atoms with Gasteiger partial charge in [0.1, 0.15) is 6.04 Å². The molecule has 0 aromatic rings. The monoisotopic (exact) mass is 465 g/mol. The van der Waals surface area contributed by atoms with Crippen LogP contribution >= 0.6 is 0 Å². The highest BCUT2D eigenvalue weighted by Crippen LogP contribution is 2.25. The average Bonchev–Trinajstić information content (AvgIpc) is 2.76. The summed E-state index contributed by atoms with van der Waals surface area (Å²) < 4.78 is 4.99. The van der Waals surface area contributed by atoms with E-state index in [4.69, 9.17) is 4.74 Å². The van der Waals surface area contributed by atoms with Gasteiger partial charge in [0.05, 0.1) is 12.6 Å². The van der Waals surface area contributed by atoms with Gasteiger partial charge in [0.15, 0.2) is 0 Å². The lowest BCUT2D eigenvalue weighted by molar-refractivity contribution is -0.140. The first-order valence-corrected chi connectivity index (χ1v) is 12.6. The molecule has 1 aliphatic heterocycles. The SMILES string of the molecule is CCCC(C)N1CCCCC1C(=O)NC(C(=O)N(C)CC/C=C(\C)C(=O)OCC)C(C)(C)C. The van der Waals surface area contributed by atoms with Crippen molar-refractivity contribution in [1.29, 1.82) is 0 Å². The largest absolute Gasteiger partial charge is 0.463 e. The molecule has 1 heterocycles. The Morgan fingerprint density at radius 1 is 1.21 bits per heavy atom. The Morgan fingerprint density at radius 2 is 1.88 bits per heavy atom. The first-order valence-electron chi connectivity index (χ1n) is 12.6. The first kappa shape index (κ1) is 29.1. The van der Waals surface area contributed by atoms with Crippen LogP contribution in [-0.2, 0) is 19.1 Å². The van der Waals surface area contributed by atoms with E-state index in [1.54, 1.807) is 31.9 Å². The van der Waals surface area contributed by atoms with Crippen LogP contribution in [0.3, 0.4) is 0 Å². The molecule has 0 aromatic heterocycles. The molecule has 1 aliphatic rings. The van der Waals surface area contributed by atoms with Crippen LogP contribution in [0.2, 0.25) is 0 Å². The Kier molecular flexibility index (Phi) is 12.1. The second-order valence-electron chi connectivity index (χ2n) is 10.4. The number of piperidine rings is 1. The van der Waals surface area contributed by atoms with Gasteiger partial charge in [-0.2, -0.15) is 0 Å². The third kappa shape index (κ3) is 9.11. The van der Waals surface area contributed by atoms with Gasteiger partial charge in [0.2, 0.25) is 11.8 Å². The first-order chi connectivity index (χ1) is 15.4. The van der Waals surface area contributed by atoms with Crippen molar-refractivity contribution >= 4 is 17.8 Å². The fraction of sp³-hybridized carbons (Fsp3) is 0.808. The summed E-state index contributed by atoms with van der Waals surface area (Å²) in [6.07, 6.45) is 7.47. The molecule has 0 radical (unpaired) electrons. The number of hydrogen-bond acceptors (Lipinski definition) is 5. The molecule has 0 bridgehead atoms. The number of nitrogens with one attached hydrogen (secondary N) is 1. The van der Waals surface area contributed by atoms with Crippen LogP contribution in [0.15, 0.2) is 11.6 Å². The zero-order valence-corrected chi connectivity index (χ0v) is 22.2. The Bertz CT molecular complexity index is 684. The molecule has 3 atom stereocenters. The maximum absolute atomic E-state index is 13.4. The van der Waals surface area contributed by atoms with Gasteiger partial charge in [0.25, 0.3) is 0 Å². The molecule has 2 amide bonds. The lowest BCUT2D eigenvalue weighted by Crippen LogP contribution is -2.59. The average molecular weight is 466 g/mol. The molecule has 3 unspecified atom stereocenters. The smallest absolute Gasteiger partial charge is 0.333 e. The van der Waals surface area contributed by atoms with E-state index in [2.05, 4.69) is 24.1 Å². The zero-order valence-electron chi connectivity index (χ0n) is 22.2. The third-order valence-corrected chi connectivity index (χ3v) is 6.41. The molecule has 0 aromatic carbocycles. The van der Waals surface area contributed by atoms with Gasteiger partial charge in [-0.05, 0) is 58.4 Å². The maximum Gasteiger partial charge on any atom is 0.333 e. The predicted octanol–water partition coefficient (Wildman–Crippen LogP) is 3.92. The van der Waals surface area contributed by atoms with Crippen molar-refractivity contribution in [2.75, 3.05) is 26.7 Å². The summed E-state index contributed by atoms with van der Waals surface area (Å²) in [4.78, 5) is 42.4. The van der Waals surface area contributed by atoms with Gasteiger partial charge in [-0.25, -0.2) is 4.79 Å². The zero-order chi connectivity index (χ0) is 25.2. The number of carbonyl (C=O) groups excluding carboxylic acids is 3. The highest BCUT2D eigenvalue weighted by molar-refractivity contribution is 5.90. The number of hydrogen-bond donors (Lipinski definition) is 1. The second-order valence-corrected chi connectivity index (χ2v) is 10.4. The van der Waals surface area contributed by atoms with Gasteiger partial charge in [-0.1, -0.05) is 46.6 Å². The molecule has 0 aliphatic carbocycles. The molecule has 1 rings (SSSR count). The summed E-state index contributed by atoms with van der Waals surface area (Å²) in [6, 6.07) is -0.444. The molecule has 7 heteroatoms. The van der Waals surface area contributed by atoms with Crippen LogP contribution in [-0.4, -0.2) is 72.5 Å². The Hall–Kier alpha value is -1.89. The summed E-state index contributed by atoms with van der Waals surface area (Å²) in [5.74, 6) is -0.486. The number of esters is 1. The number of carbonyl (C=O) groups is 3. The van der Waals surface area contributed by atoms with Crippen molar-refractivity contribution < 1.29 is 19.1 Å². The second kappa shape index (κ2) is 13.7. The van der Waals surface area contributed by atoms with E-state index in [1.807, 2.05) is 20.8 Å². The van der Waals surface area contributed by atoms with E-state index in [1.165, 1.54) is 0 Å². The molecule has 0 spiro atoms. The maximum atomic E-state index is 13.4. The van der Waals surface area contributed by atoms with E-state index < -0.39 is 11.5 Å². The number of rotatable bonds is 11. The summed E-state index contributed by atoms with van der Waals surface area (Å²) in [7, 11) is 1.75. The van der Waals surface area contributed by atoms with E-state index in [-0.39, 0.29) is 23.8 Å². The van der Waals surface area contributed by atoms with E-state index in [0.29, 0.717) is 31.2 Å². The van der Waals surface area contributed by atoms with Crippen LogP contribution < -0.4 is 5.32 Å². The summed E-state index contributed by atoms with van der Waals surface area (Å²) in [5, 5.41) is 3.11. The van der Waals surface area contributed by atoms with Gasteiger partial charge in [-0.3, -0.25) is 14.5 Å². The van der Waals surface area contributed by atoms with Crippen LogP contribution in [0.1, 0.15) is 87.0 Å². The van der Waals surface area contributed by atoms with E-state index in [0.717, 1.165) is 38.6 Å². The molecule has 1 saturated heterocycles. The molecular weight excluding hydrogens is 418 g/mol. The Labute approximate surface area is 201 Å². The van der Waals surface area contributed by atoms with Crippen LogP contribution in [0.4, 0.5) is 0 Å². The van der Waals surface area contributed by atoms with Crippen molar-refractivity contribution in [3.63, 3.8) is 0 Å². The highest BCUT2D eigenvalue weighted by atomic mass is 16.5. The fourth-order valence-corrected chi connectivity index (χ4v) is 4.37. The summed E-state index contributed by atoms with van der Waals surface area (Å²) in [6.45, 7) is 15.5. The minimum atomic E-state index is -0.615. The summed E-state index contributed by atoms with van der Waals surface area (Å²) in [5.41, 5.74) is 0.114. The molecule has 1 N–H and O–H groups in total. The molecular formula is C26H47N3O4. The lowest BCUT2D eigenvalue weighted by Gasteiger charge is -2.41. The normalized spacial score (nSPS) is 19.5. The summed E-state index contributed by atoms with van der Waals surface area (Å²) >= 11 is 0. The molecule has 0 saturated carbocycles. The number of likely N-dealkylation sites (N-methyl/N-ethyl adjacent to an activating group) is 1. The van der Waals surface area contributed by atoms with Gasteiger partial charge < -0.3 is 15.0 Å². The molecule has 33 heavy (non-hydrogen) atoms. The third-order valence-electron chi connectivity index (χ3n) is 6.41. The number of amides is 2. The van der Waals surface area contributed by atoms with Crippen molar-refractivity contribution in [3.05, 3.63) is 11.6 Å². The van der Waals surface area contributed by atoms with Crippen LogP contribution in [0.25, 0.3) is 0 Å². The molecule has 7 nitrogen and oxygen atoms in total. The fourth-order valence-electron chi connectivity index (χ4n) is 4.37. The Balaban J connectivity index is 2.86. The lowest BCUT2D eigenvalue weighted by atomic mass is 9.85. The highest BCUT2D eigenvalue weighted by Gasteiger charge is 2.38. The quantitative estimate of drug-likeness (QED) is 0.370.